The summed E-state index contributed by atoms with van der Waals surface area (Å²) in [5, 5.41) is 0. The molecule has 1 heterocycles. The first kappa shape index (κ1) is 11.3. The van der Waals surface area contributed by atoms with E-state index in [0.29, 0.717) is 16.9 Å². The molecule has 0 bridgehead atoms. The molecule has 5 nitrogen and oxygen atoms in total. The third-order valence-electron chi connectivity index (χ3n) is 3.00. The fourth-order valence-electron chi connectivity index (χ4n) is 2.11. The SMILES string of the molecule is NC(=O)c1cc(N)ccc1-n1cnc2ccccc21. The molecule has 0 aliphatic heterocycles. The van der Waals surface area contributed by atoms with E-state index in [1.54, 1.807) is 24.5 Å². The molecule has 0 aliphatic carbocycles. The fraction of sp³-hybridized carbons (Fsp3) is 0. The molecule has 94 valence electrons. The topological polar surface area (TPSA) is 86.9 Å². The van der Waals surface area contributed by atoms with Crippen molar-refractivity contribution >= 4 is 22.6 Å². The molecular weight excluding hydrogens is 240 g/mol. The van der Waals surface area contributed by atoms with Crippen molar-refractivity contribution in [2.24, 2.45) is 5.73 Å². The largest absolute Gasteiger partial charge is 0.399 e. The molecule has 0 saturated carbocycles. The molecule has 4 N–H and O–H groups in total. The second-order valence-electron chi connectivity index (χ2n) is 4.24. The zero-order valence-corrected chi connectivity index (χ0v) is 10.1. The Morgan fingerprint density at radius 3 is 2.74 bits per heavy atom. The van der Waals surface area contributed by atoms with Crippen LogP contribution in [0.2, 0.25) is 0 Å². The number of hydrogen-bond acceptors (Lipinski definition) is 3. The molecule has 0 spiro atoms. The van der Waals surface area contributed by atoms with E-state index in [1.165, 1.54) is 0 Å². The van der Waals surface area contributed by atoms with E-state index >= 15 is 0 Å². The van der Waals surface area contributed by atoms with Crippen molar-refractivity contribution in [2.75, 3.05) is 5.73 Å². The van der Waals surface area contributed by atoms with Gasteiger partial charge in [0, 0.05) is 5.69 Å². The number of aromatic nitrogens is 2. The summed E-state index contributed by atoms with van der Waals surface area (Å²) < 4.78 is 1.83. The maximum absolute atomic E-state index is 11.5. The second-order valence-corrected chi connectivity index (χ2v) is 4.24. The number of rotatable bonds is 2. The highest BCUT2D eigenvalue weighted by Crippen LogP contribution is 2.22. The molecule has 3 aromatic rings. The van der Waals surface area contributed by atoms with Gasteiger partial charge >= 0.3 is 0 Å². The minimum Gasteiger partial charge on any atom is -0.399 e. The summed E-state index contributed by atoms with van der Waals surface area (Å²) in [4.78, 5) is 15.8. The average Bonchev–Trinajstić information content (AvgIpc) is 2.82. The number of hydrogen-bond donors (Lipinski definition) is 2. The molecule has 5 heteroatoms. The van der Waals surface area contributed by atoms with Crippen LogP contribution in [0, 0.1) is 0 Å². The predicted octanol–water partition coefficient (Wildman–Crippen LogP) is 1.71. The number of nitrogen functional groups attached to an aromatic ring is 1. The molecule has 3 rings (SSSR count). The quantitative estimate of drug-likeness (QED) is 0.680. The highest BCUT2D eigenvalue weighted by atomic mass is 16.1. The van der Waals surface area contributed by atoms with Crippen molar-refractivity contribution in [3.63, 3.8) is 0 Å². The van der Waals surface area contributed by atoms with Gasteiger partial charge in [-0.3, -0.25) is 9.36 Å². The van der Waals surface area contributed by atoms with Gasteiger partial charge in [-0.1, -0.05) is 12.1 Å². The van der Waals surface area contributed by atoms with Gasteiger partial charge in [0.1, 0.15) is 6.33 Å². The van der Waals surface area contributed by atoms with Crippen molar-refractivity contribution in [1.82, 2.24) is 9.55 Å². The molecule has 1 aromatic heterocycles. The molecule has 0 atom stereocenters. The Morgan fingerprint density at radius 1 is 1.16 bits per heavy atom. The molecule has 0 unspecified atom stereocenters. The Kier molecular flexibility index (Phi) is 2.45. The summed E-state index contributed by atoms with van der Waals surface area (Å²) in [6, 6.07) is 12.8. The van der Waals surface area contributed by atoms with E-state index in [9.17, 15) is 4.79 Å². The van der Waals surface area contributed by atoms with E-state index < -0.39 is 5.91 Å². The van der Waals surface area contributed by atoms with E-state index in [2.05, 4.69) is 4.98 Å². The van der Waals surface area contributed by atoms with Crippen LogP contribution in [-0.4, -0.2) is 15.5 Å². The van der Waals surface area contributed by atoms with Crippen LogP contribution in [0.5, 0.6) is 0 Å². The van der Waals surface area contributed by atoms with Gasteiger partial charge in [-0.2, -0.15) is 0 Å². The lowest BCUT2D eigenvalue weighted by atomic mass is 10.1. The number of nitrogens with two attached hydrogens (primary N) is 2. The van der Waals surface area contributed by atoms with E-state index in [-0.39, 0.29) is 0 Å². The minimum absolute atomic E-state index is 0.378. The fourth-order valence-corrected chi connectivity index (χ4v) is 2.11. The zero-order valence-electron chi connectivity index (χ0n) is 10.1. The maximum atomic E-state index is 11.5. The molecule has 0 aliphatic rings. The van der Waals surface area contributed by atoms with Gasteiger partial charge in [-0.25, -0.2) is 4.98 Å². The Morgan fingerprint density at radius 2 is 1.95 bits per heavy atom. The van der Waals surface area contributed by atoms with Crippen molar-refractivity contribution in [3.05, 3.63) is 54.4 Å². The van der Waals surface area contributed by atoms with Gasteiger partial charge in [-0.05, 0) is 30.3 Å². The first-order valence-corrected chi connectivity index (χ1v) is 5.78. The van der Waals surface area contributed by atoms with Gasteiger partial charge in [0.15, 0.2) is 0 Å². The molecule has 2 aromatic carbocycles. The summed E-state index contributed by atoms with van der Waals surface area (Å²) in [5.74, 6) is -0.514. The summed E-state index contributed by atoms with van der Waals surface area (Å²) in [7, 11) is 0. The zero-order chi connectivity index (χ0) is 13.4. The summed E-state index contributed by atoms with van der Waals surface area (Å²) in [6.07, 6.45) is 1.67. The predicted molar refractivity (Wildman–Crippen MR) is 74.0 cm³/mol. The summed E-state index contributed by atoms with van der Waals surface area (Å²) in [5.41, 5.74) is 14.4. The summed E-state index contributed by atoms with van der Waals surface area (Å²) >= 11 is 0. The van der Waals surface area contributed by atoms with Crippen LogP contribution in [0.1, 0.15) is 10.4 Å². The van der Waals surface area contributed by atoms with Gasteiger partial charge < -0.3 is 11.5 Å². The molecular formula is C14H12N4O. The van der Waals surface area contributed by atoms with Gasteiger partial charge in [0.05, 0.1) is 22.3 Å². The second kappa shape index (κ2) is 4.13. The Balaban J connectivity index is 2.30. The van der Waals surface area contributed by atoms with Crippen LogP contribution in [-0.2, 0) is 0 Å². The first-order chi connectivity index (χ1) is 9.16. The molecule has 0 saturated heterocycles. The lowest BCUT2D eigenvalue weighted by molar-refractivity contribution is 0.100. The Bertz CT molecular complexity index is 776. The third kappa shape index (κ3) is 1.81. The lowest BCUT2D eigenvalue weighted by Crippen LogP contribution is -2.15. The van der Waals surface area contributed by atoms with Crippen LogP contribution in [0.25, 0.3) is 16.7 Å². The number of para-hydroxylation sites is 2. The number of carbonyl (C=O) groups excluding carboxylic acids is 1. The van der Waals surface area contributed by atoms with Crippen LogP contribution in [0.15, 0.2) is 48.8 Å². The number of primary amides is 1. The number of nitrogens with zero attached hydrogens (tertiary/aromatic N) is 2. The lowest BCUT2D eigenvalue weighted by Gasteiger charge is -2.09. The third-order valence-corrected chi connectivity index (χ3v) is 3.00. The summed E-state index contributed by atoms with van der Waals surface area (Å²) in [6.45, 7) is 0. The van der Waals surface area contributed by atoms with Crippen molar-refractivity contribution in [1.29, 1.82) is 0 Å². The van der Waals surface area contributed by atoms with E-state index in [1.807, 2.05) is 28.8 Å². The maximum Gasteiger partial charge on any atom is 0.250 e. The average molecular weight is 252 g/mol. The minimum atomic E-state index is -0.514. The highest BCUT2D eigenvalue weighted by Gasteiger charge is 2.12. The number of anilines is 1. The highest BCUT2D eigenvalue weighted by molar-refractivity contribution is 5.98. The normalized spacial score (nSPS) is 10.7. The van der Waals surface area contributed by atoms with Crippen LogP contribution < -0.4 is 11.5 Å². The van der Waals surface area contributed by atoms with Crippen LogP contribution >= 0.6 is 0 Å². The smallest absolute Gasteiger partial charge is 0.250 e. The van der Waals surface area contributed by atoms with E-state index in [4.69, 9.17) is 11.5 Å². The molecule has 0 fully saturated rings. The number of carbonyl (C=O) groups is 1. The Labute approximate surface area is 109 Å². The van der Waals surface area contributed by atoms with Crippen LogP contribution in [0.4, 0.5) is 5.69 Å². The first-order valence-electron chi connectivity index (χ1n) is 5.78. The Hall–Kier alpha value is -2.82. The van der Waals surface area contributed by atoms with Gasteiger partial charge in [-0.15, -0.1) is 0 Å². The van der Waals surface area contributed by atoms with Crippen molar-refractivity contribution in [2.45, 2.75) is 0 Å². The molecule has 19 heavy (non-hydrogen) atoms. The van der Waals surface area contributed by atoms with Crippen molar-refractivity contribution in [3.8, 4) is 5.69 Å². The molecule has 0 radical (unpaired) electrons. The number of amides is 1. The van der Waals surface area contributed by atoms with Crippen LogP contribution in [0.3, 0.4) is 0 Å². The number of imidazole rings is 1. The standard InChI is InChI=1S/C14H12N4O/c15-9-5-6-12(10(7-9)14(16)19)18-8-17-11-3-1-2-4-13(11)18/h1-8H,15H2,(H2,16,19). The number of fused-ring (bicyclic) bond motifs is 1. The van der Waals surface area contributed by atoms with Gasteiger partial charge in [0.25, 0.3) is 5.91 Å². The monoisotopic (exact) mass is 252 g/mol. The van der Waals surface area contributed by atoms with E-state index in [0.717, 1.165) is 11.0 Å². The molecule has 1 amide bonds. The van der Waals surface area contributed by atoms with Crippen molar-refractivity contribution < 1.29 is 4.79 Å². The van der Waals surface area contributed by atoms with Gasteiger partial charge in [0.2, 0.25) is 0 Å². The number of benzene rings is 2.